The van der Waals surface area contributed by atoms with E-state index in [-0.39, 0.29) is 11.6 Å². The number of nitrogens with one attached hydrogen (secondary N) is 1. The summed E-state index contributed by atoms with van der Waals surface area (Å²) in [5, 5.41) is 5.80. The molecule has 1 fully saturated rings. The molecule has 1 aliphatic heterocycles. The van der Waals surface area contributed by atoms with Gasteiger partial charge in [0.2, 0.25) is 0 Å². The minimum absolute atomic E-state index is 0.240. The van der Waals surface area contributed by atoms with Crippen LogP contribution in [0.2, 0.25) is 0 Å². The molecule has 0 spiro atoms. The van der Waals surface area contributed by atoms with Crippen LogP contribution in [0.15, 0.2) is 23.6 Å². The molecule has 1 N–H and O–H groups in total. The second-order valence-electron chi connectivity index (χ2n) is 4.35. The summed E-state index contributed by atoms with van der Waals surface area (Å²) < 4.78 is 26.8. The van der Waals surface area contributed by atoms with Crippen molar-refractivity contribution in [2.24, 2.45) is 0 Å². The molecule has 1 saturated heterocycles. The van der Waals surface area contributed by atoms with Gasteiger partial charge in [0, 0.05) is 10.9 Å². The van der Waals surface area contributed by atoms with Gasteiger partial charge in [-0.1, -0.05) is 0 Å². The molecule has 0 aliphatic carbocycles. The van der Waals surface area contributed by atoms with E-state index in [4.69, 9.17) is 0 Å². The Kier molecular flexibility index (Phi) is 3.09. The molecule has 1 aliphatic rings. The predicted octanol–water partition coefficient (Wildman–Crippen LogP) is 3.51. The highest BCUT2D eigenvalue weighted by molar-refractivity contribution is 7.13. The van der Waals surface area contributed by atoms with E-state index in [0.29, 0.717) is 5.01 Å². The van der Waals surface area contributed by atoms with Gasteiger partial charge in [0.1, 0.15) is 16.6 Å². The Morgan fingerprint density at radius 3 is 3.00 bits per heavy atom. The van der Waals surface area contributed by atoms with Gasteiger partial charge in [0.05, 0.1) is 11.7 Å². The second kappa shape index (κ2) is 4.74. The zero-order valence-electron chi connectivity index (χ0n) is 9.62. The van der Waals surface area contributed by atoms with E-state index >= 15 is 0 Å². The number of nitrogens with zero attached hydrogens (tertiary/aromatic N) is 1. The maximum atomic E-state index is 13.6. The first-order valence-corrected chi connectivity index (χ1v) is 6.76. The van der Waals surface area contributed by atoms with E-state index in [1.807, 2.05) is 5.38 Å². The van der Waals surface area contributed by atoms with Gasteiger partial charge in [-0.2, -0.15) is 0 Å². The molecule has 1 unspecified atom stereocenters. The fourth-order valence-corrected chi connectivity index (χ4v) is 3.06. The van der Waals surface area contributed by atoms with Crippen molar-refractivity contribution in [2.45, 2.75) is 18.9 Å². The van der Waals surface area contributed by atoms with E-state index in [1.54, 1.807) is 0 Å². The number of hydrogen-bond donors (Lipinski definition) is 1. The molecule has 2 heterocycles. The standard InChI is InChI=1S/C13H12F2N2S/c14-8-3-4-10(15)9(6-8)13-17-12(7-18-13)11-2-1-5-16-11/h3-4,6-7,11,16H,1-2,5H2. The lowest BCUT2D eigenvalue weighted by Crippen LogP contribution is -2.12. The van der Waals surface area contributed by atoms with E-state index in [2.05, 4.69) is 10.3 Å². The highest BCUT2D eigenvalue weighted by Crippen LogP contribution is 2.31. The maximum Gasteiger partial charge on any atom is 0.133 e. The second-order valence-corrected chi connectivity index (χ2v) is 5.21. The van der Waals surface area contributed by atoms with Gasteiger partial charge in [0.15, 0.2) is 0 Å². The molecule has 3 rings (SSSR count). The van der Waals surface area contributed by atoms with Crippen LogP contribution in [0.3, 0.4) is 0 Å². The van der Waals surface area contributed by atoms with Gasteiger partial charge in [-0.25, -0.2) is 13.8 Å². The van der Waals surface area contributed by atoms with E-state index < -0.39 is 11.6 Å². The highest BCUT2D eigenvalue weighted by Gasteiger charge is 2.20. The molecule has 1 aromatic carbocycles. The fourth-order valence-electron chi connectivity index (χ4n) is 2.17. The first-order chi connectivity index (χ1) is 8.74. The third kappa shape index (κ3) is 2.15. The first kappa shape index (κ1) is 11.7. The maximum absolute atomic E-state index is 13.6. The number of hydrogen-bond acceptors (Lipinski definition) is 3. The van der Waals surface area contributed by atoms with E-state index in [0.717, 1.165) is 37.2 Å². The normalized spacial score (nSPS) is 19.3. The van der Waals surface area contributed by atoms with Crippen LogP contribution in [-0.4, -0.2) is 11.5 Å². The molecule has 2 aromatic rings. The lowest BCUT2D eigenvalue weighted by Gasteiger charge is -2.05. The van der Waals surface area contributed by atoms with Crippen molar-refractivity contribution in [1.29, 1.82) is 0 Å². The van der Waals surface area contributed by atoms with Crippen LogP contribution in [0, 0.1) is 11.6 Å². The van der Waals surface area contributed by atoms with Crippen LogP contribution in [0.1, 0.15) is 24.6 Å². The minimum atomic E-state index is -0.442. The number of rotatable bonds is 2. The predicted molar refractivity (Wildman–Crippen MR) is 67.4 cm³/mol. The van der Waals surface area contributed by atoms with Gasteiger partial charge < -0.3 is 5.32 Å². The van der Waals surface area contributed by atoms with Crippen molar-refractivity contribution in [2.75, 3.05) is 6.54 Å². The fraction of sp³-hybridized carbons (Fsp3) is 0.308. The average molecular weight is 266 g/mol. The van der Waals surface area contributed by atoms with Crippen molar-refractivity contribution >= 4 is 11.3 Å². The topological polar surface area (TPSA) is 24.9 Å². The summed E-state index contributed by atoms with van der Waals surface area (Å²) in [5.41, 5.74) is 1.17. The Bertz CT molecular complexity index is 562. The zero-order valence-corrected chi connectivity index (χ0v) is 10.4. The van der Waals surface area contributed by atoms with Crippen LogP contribution in [0.5, 0.6) is 0 Å². The van der Waals surface area contributed by atoms with Crippen LogP contribution >= 0.6 is 11.3 Å². The lowest BCUT2D eigenvalue weighted by atomic mass is 10.2. The monoisotopic (exact) mass is 266 g/mol. The first-order valence-electron chi connectivity index (χ1n) is 5.88. The quantitative estimate of drug-likeness (QED) is 0.899. The van der Waals surface area contributed by atoms with Gasteiger partial charge in [0.25, 0.3) is 0 Å². The molecule has 0 radical (unpaired) electrons. The molecule has 0 saturated carbocycles. The van der Waals surface area contributed by atoms with Crippen molar-refractivity contribution in [3.8, 4) is 10.6 Å². The van der Waals surface area contributed by atoms with Crippen LogP contribution in [-0.2, 0) is 0 Å². The number of thiazole rings is 1. The van der Waals surface area contributed by atoms with Gasteiger partial charge in [-0.05, 0) is 37.6 Å². The SMILES string of the molecule is Fc1ccc(F)c(-c2nc(C3CCCN3)cs2)c1. The van der Waals surface area contributed by atoms with Crippen molar-refractivity contribution in [1.82, 2.24) is 10.3 Å². The summed E-state index contributed by atoms with van der Waals surface area (Å²) in [6, 6.07) is 3.71. The molecule has 0 amide bonds. The molecular weight excluding hydrogens is 254 g/mol. The summed E-state index contributed by atoms with van der Waals surface area (Å²) in [7, 11) is 0. The van der Waals surface area contributed by atoms with Crippen molar-refractivity contribution < 1.29 is 8.78 Å². The summed E-state index contributed by atoms with van der Waals surface area (Å²) >= 11 is 1.35. The van der Waals surface area contributed by atoms with Crippen molar-refractivity contribution in [3.05, 3.63) is 40.9 Å². The number of halogens is 2. The Balaban J connectivity index is 1.94. The van der Waals surface area contributed by atoms with Gasteiger partial charge in [-0.15, -0.1) is 11.3 Å². The Morgan fingerprint density at radius 2 is 2.22 bits per heavy atom. The Morgan fingerprint density at radius 1 is 1.33 bits per heavy atom. The number of benzene rings is 1. The summed E-state index contributed by atoms with van der Waals surface area (Å²) in [6.45, 7) is 0.992. The van der Waals surface area contributed by atoms with Crippen molar-refractivity contribution in [3.63, 3.8) is 0 Å². The Hall–Kier alpha value is -1.33. The third-order valence-electron chi connectivity index (χ3n) is 3.10. The molecule has 18 heavy (non-hydrogen) atoms. The Labute approximate surface area is 108 Å². The zero-order chi connectivity index (χ0) is 12.5. The molecule has 1 atom stereocenters. The summed E-state index contributed by atoms with van der Waals surface area (Å²) in [5.74, 6) is -0.876. The average Bonchev–Trinajstić information content (AvgIpc) is 3.00. The molecule has 0 bridgehead atoms. The summed E-state index contributed by atoms with van der Waals surface area (Å²) in [4.78, 5) is 4.41. The lowest BCUT2D eigenvalue weighted by molar-refractivity contribution is 0.602. The van der Waals surface area contributed by atoms with E-state index in [1.165, 1.54) is 17.4 Å². The minimum Gasteiger partial charge on any atom is -0.309 e. The molecular formula is C13H12F2N2S. The molecule has 2 nitrogen and oxygen atoms in total. The highest BCUT2D eigenvalue weighted by atomic mass is 32.1. The molecule has 94 valence electrons. The molecule has 1 aromatic heterocycles. The molecule has 5 heteroatoms. The van der Waals surface area contributed by atoms with Gasteiger partial charge in [-0.3, -0.25) is 0 Å². The van der Waals surface area contributed by atoms with Crippen LogP contribution < -0.4 is 5.32 Å². The van der Waals surface area contributed by atoms with Gasteiger partial charge >= 0.3 is 0 Å². The smallest absolute Gasteiger partial charge is 0.133 e. The third-order valence-corrected chi connectivity index (χ3v) is 3.99. The largest absolute Gasteiger partial charge is 0.309 e. The number of aromatic nitrogens is 1. The van der Waals surface area contributed by atoms with Crippen LogP contribution in [0.4, 0.5) is 8.78 Å². The van der Waals surface area contributed by atoms with E-state index in [9.17, 15) is 8.78 Å². The summed E-state index contributed by atoms with van der Waals surface area (Å²) in [6.07, 6.45) is 2.18. The van der Waals surface area contributed by atoms with Crippen LogP contribution in [0.25, 0.3) is 10.6 Å².